The number of phenolic OH excluding ortho intramolecular Hbond substituents is 1. The summed E-state index contributed by atoms with van der Waals surface area (Å²) in [5, 5.41) is 10.5. The molecule has 1 aliphatic heterocycles. The van der Waals surface area contributed by atoms with Gasteiger partial charge in [-0.25, -0.2) is 0 Å². The van der Waals surface area contributed by atoms with Gasteiger partial charge in [-0.3, -0.25) is 9.59 Å². The molecule has 1 saturated carbocycles. The van der Waals surface area contributed by atoms with Gasteiger partial charge in [-0.15, -0.1) is 0 Å². The quantitative estimate of drug-likeness (QED) is 0.483. The fraction of sp³-hybridized carbons (Fsp3) is 0.310. The van der Waals surface area contributed by atoms with Crippen LogP contribution in [0, 0.1) is 5.92 Å². The largest absolute Gasteiger partial charge is 0.507 e. The predicted molar refractivity (Wildman–Crippen MR) is 129 cm³/mol. The summed E-state index contributed by atoms with van der Waals surface area (Å²) in [6.07, 6.45) is 1.28. The van der Waals surface area contributed by atoms with E-state index in [1.54, 1.807) is 37.4 Å². The van der Waals surface area contributed by atoms with Gasteiger partial charge in [0.15, 0.2) is 11.6 Å². The number of benzene rings is 3. The summed E-state index contributed by atoms with van der Waals surface area (Å²) in [6.45, 7) is 3.60. The molecule has 0 saturated heterocycles. The Morgan fingerprint density at radius 2 is 1.62 bits per heavy atom. The average Bonchev–Trinajstić information content (AvgIpc) is 2.83. The Morgan fingerprint density at radius 3 is 2.29 bits per heavy atom. The molecule has 5 nitrogen and oxygen atoms in total. The molecule has 0 radical (unpaired) electrons. The summed E-state index contributed by atoms with van der Waals surface area (Å²) in [6, 6.07) is 20.3. The van der Waals surface area contributed by atoms with Crippen LogP contribution < -0.4 is 9.47 Å². The maximum Gasteiger partial charge on any atom is 0.170 e. The Hall–Kier alpha value is -3.60. The normalized spacial score (nSPS) is 25.1. The lowest BCUT2D eigenvalue weighted by molar-refractivity contribution is -0.00752. The van der Waals surface area contributed by atoms with Crippen LogP contribution in [-0.2, 0) is 0 Å². The molecule has 0 unspecified atom stereocenters. The van der Waals surface area contributed by atoms with Crippen LogP contribution in [0.2, 0.25) is 0 Å². The van der Waals surface area contributed by atoms with Crippen molar-refractivity contribution in [2.75, 3.05) is 7.11 Å². The molecule has 5 rings (SSSR count). The second-order valence-corrected chi connectivity index (χ2v) is 9.61. The highest BCUT2D eigenvalue weighted by molar-refractivity contribution is 6.02. The number of fused-ring (bicyclic) bond motifs is 4. The Balaban J connectivity index is 1.74. The van der Waals surface area contributed by atoms with Crippen molar-refractivity contribution < 1.29 is 24.2 Å². The Bertz CT molecular complexity index is 1260. The smallest absolute Gasteiger partial charge is 0.170 e. The number of hydrogen-bond acceptors (Lipinski definition) is 5. The number of phenols is 1. The fourth-order valence-corrected chi connectivity index (χ4v) is 5.95. The second-order valence-electron chi connectivity index (χ2n) is 9.61. The van der Waals surface area contributed by atoms with Gasteiger partial charge in [-0.1, -0.05) is 42.5 Å². The second kappa shape index (κ2) is 8.32. The molecule has 1 N–H and O–H groups in total. The van der Waals surface area contributed by atoms with Crippen LogP contribution in [0.4, 0.5) is 0 Å². The summed E-state index contributed by atoms with van der Waals surface area (Å²) >= 11 is 0. The molecule has 2 aliphatic rings. The summed E-state index contributed by atoms with van der Waals surface area (Å²) in [5.41, 5.74) is 2.13. The third-order valence-corrected chi connectivity index (χ3v) is 7.34. The zero-order chi connectivity index (χ0) is 24.0. The van der Waals surface area contributed by atoms with Crippen molar-refractivity contribution in [3.8, 4) is 17.2 Å². The number of carbonyl (C=O) groups excluding carboxylic acids is 2. The summed E-state index contributed by atoms with van der Waals surface area (Å²) < 4.78 is 12.3. The molecule has 1 fully saturated rings. The number of hydrogen-bond donors (Lipinski definition) is 1. The molecule has 34 heavy (non-hydrogen) atoms. The van der Waals surface area contributed by atoms with Gasteiger partial charge in [-0.2, -0.15) is 0 Å². The molecule has 3 aromatic rings. The van der Waals surface area contributed by atoms with Gasteiger partial charge >= 0.3 is 0 Å². The molecule has 174 valence electrons. The SMILES string of the molecule is COc1c(C(C)=O)ccc2c1[C@H]1C[C@](C)(C[C@H](c3ccccc3)[C@H]1C(=O)c1ccccc1O)O2. The van der Waals surface area contributed by atoms with E-state index >= 15 is 0 Å². The molecule has 1 heterocycles. The lowest BCUT2D eigenvalue weighted by Gasteiger charge is -2.51. The van der Waals surface area contributed by atoms with Crippen molar-refractivity contribution >= 4 is 11.6 Å². The summed E-state index contributed by atoms with van der Waals surface area (Å²) in [4.78, 5) is 26.5. The number of carbonyl (C=O) groups is 2. The first-order valence-electron chi connectivity index (χ1n) is 11.6. The minimum atomic E-state index is -0.476. The number of Topliss-reactive ketones (excluding diaryl/α,β-unsaturated/α-hetero) is 2. The van der Waals surface area contributed by atoms with Crippen LogP contribution >= 0.6 is 0 Å². The standard InChI is InChI=1S/C29H28O5/c1-17(30)19-13-14-24-26(28(19)33-3)22-16-29(2,34-24)15-21(18-9-5-4-6-10-18)25(22)27(32)20-11-7-8-12-23(20)31/h4-14,21-22,25,31H,15-16H2,1-3H3/t21-,22+,25-,29+/m1/s1. The molecule has 4 atom stereocenters. The Kier molecular flexibility index (Phi) is 5.43. The van der Waals surface area contributed by atoms with Crippen molar-refractivity contribution in [1.82, 2.24) is 0 Å². The molecule has 3 aromatic carbocycles. The monoisotopic (exact) mass is 456 g/mol. The van der Waals surface area contributed by atoms with E-state index in [2.05, 4.69) is 6.92 Å². The van der Waals surface area contributed by atoms with E-state index in [0.717, 1.165) is 11.1 Å². The maximum atomic E-state index is 14.1. The van der Waals surface area contributed by atoms with Crippen LogP contribution in [0.15, 0.2) is 66.7 Å². The van der Waals surface area contributed by atoms with Crippen LogP contribution in [0.1, 0.15) is 70.4 Å². The highest BCUT2D eigenvalue weighted by Crippen LogP contribution is 2.59. The molecule has 0 amide bonds. The van der Waals surface area contributed by atoms with E-state index in [1.807, 2.05) is 36.4 Å². The first-order valence-corrected chi connectivity index (χ1v) is 11.6. The Morgan fingerprint density at radius 1 is 0.941 bits per heavy atom. The lowest BCUT2D eigenvalue weighted by Crippen LogP contribution is -2.49. The minimum Gasteiger partial charge on any atom is -0.507 e. The van der Waals surface area contributed by atoms with Gasteiger partial charge in [0.25, 0.3) is 0 Å². The summed E-state index contributed by atoms with van der Waals surface area (Å²) in [7, 11) is 1.55. The zero-order valence-corrected chi connectivity index (χ0v) is 19.6. The van der Waals surface area contributed by atoms with Crippen LogP contribution in [0.3, 0.4) is 0 Å². The molecule has 0 aromatic heterocycles. The topological polar surface area (TPSA) is 72.8 Å². The van der Waals surface area contributed by atoms with E-state index in [1.165, 1.54) is 6.92 Å². The Labute approximate surface area is 199 Å². The third kappa shape index (κ3) is 3.56. The van der Waals surface area contributed by atoms with Gasteiger partial charge in [-0.05, 0) is 62.4 Å². The highest BCUT2D eigenvalue weighted by Gasteiger charge is 2.53. The van der Waals surface area contributed by atoms with Crippen molar-refractivity contribution in [3.05, 3.63) is 89.0 Å². The number of ketones is 2. The van der Waals surface area contributed by atoms with E-state index in [9.17, 15) is 14.7 Å². The molecular formula is C29H28O5. The summed E-state index contributed by atoms with van der Waals surface area (Å²) in [5.74, 6) is 0.0639. The zero-order valence-electron chi connectivity index (χ0n) is 19.6. The van der Waals surface area contributed by atoms with Gasteiger partial charge in [0.1, 0.15) is 22.8 Å². The van der Waals surface area contributed by atoms with E-state index in [0.29, 0.717) is 35.5 Å². The minimum absolute atomic E-state index is 0.0237. The lowest BCUT2D eigenvalue weighted by atomic mass is 9.59. The number of rotatable bonds is 5. The number of aromatic hydroxyl groups is 1. The number of ether oxygens (including phenoxy) is 2. The van der Waals surface area contributed by atoms with Gasteiger partial charge < -0.3 is 14.6 Å². The average molecular weight is 457 g/mol. The van der Waals surface area contributed by atoms with E-state index in [4.69, 9.17) is 9.47 Å². The van der Waals surface area contributed by atoms with Gasteiger partial charge in [0, 0.05) is 17.4 Å². The van der Waals surface area contributed by atoms with E-state index in [-0.39, 0.29) is 29.2 Å². The third-order valence-electron chi connectivity index (χ3n) is 7.34. The van der Waals surface area contributed by atoms with E-state index < -0.39 is 11.5 Å². The molecule has 5 heteroatoms. The van der Waals surface area contributed by atoms with Crippen LogP contribution in [0.5, 0.6) is 17.2 Å². The number of para-hydroxylation sites is 1. The van der Waals surface area contributed by atoms with Crippen LogP contribution in [0.25, 0.3) is 0 Å². The molecule has 0 spiro atoms. The first kappa shape index (κ1) is 22.2. The van der Waals surface area contributed by atoms with Crippen molar-refractivity contribution in [1.29, 1.82) is 0 Å². The molecular weight excluding hydrogens is 428 g/mol. The first-order chi connectivity index (χ1) is 16.3. The van der Waals surface area contributed by atoms with Gasteiger partial charge in [0.2, 0.25) is 0 Å². The maximum absolute atomic E-state index is 14.1. The van der Waals surface area contributed by atoms with Crippen molar-refractivity contribution in [2.45, 2.75) is 44.1 Å². The highest BCUT2D eigenvalue weighted by atomic mass is 16.5. The van der Waals surface area contributed by atoms with Gasteiger partial charge in [0.05, 0.1) is 18.2 Å². The predicted octanol–water partition coefficient (Wildman–Crippen LogP) is 5.91. The van der Waals surface area contributed by atoms with Crippen molar-refractivity contribution in [3.63, 3.8) is 0 Å². The van der Waals surface area contributed by atoms with Crippen molar-refractivity contribution in [2.24, 2.45) is 5.92 Å². The molecule has 2 bridgehead atoms. The molecule has 1 aliphatic carbocycles. The number of methoxy groups -OCH3 is 1. The fourth-order valence-electron chi connectivity index (χ4n) is 5.95. The van der Waals surface area contributed by atoms with Crippen LogP contribution in [-0.4, -0.2) is 29.4 Å².